The second-order valence-electron chi connectivity index (χ2n) is 10.2. The third-order valence-corrected chi connectivity index (χ3v) is 10.0. The molecule has 3 heterocycles. The van der Waals surface area contributed by atoms with Crippen LogP contribution in [0.15, 0.2) is 41.3 Å². The zero-order chi connectivity index (χ0) is 25.6. The van der Waals surface area contributed by atoms with Crippen LogP contribution in [0.5, 0.6) is 17.2 Å². The van der Waals surface area contributed by atoms with E-state index in [0.29, 0.717) is 24.1 Å². The number of hydrogen-bond donors (Lipinski definition) is 1. The van der Waals surface area contributed by atoms with Crippen molar-refractivity contribution in [2.24, 2.45) is 11.8 Å². The number of H-pyrrole nitrogens is 1. The number of aromatic amines is 1. The number of fused-ring (bicyclic) bond motifs is 3. The summed E-state index contributed by atoms with van der Waals surface area (Å²) in [6.07, 6.45) is 4.64. The summed E-state index contributed by atoms with van der Waals surface area (Å²) in [4.78, 5) is 8.52. The van der Waals surface area contributed by atoms with Gasteiger partial charge in [0.15, 0.2) is 0 Å². The van der Waals surface area contributed by atoms with Gasteiger partial charge in [0.1, 0.15) is 33.5 Å². The predicted octanol–water partition coefficient (Wildman–Crippen LogP) is 4.30. The lowest BCUT2D eigenvalue weighted by Crippen LogP contribution is -2.40. The van der Waals surface area contributed by atoms with Crippen molar-refractivity contribution < 1.29 is 27.4 Å². The van der Waals surface area contributed by atoms with Crippen LogP contribution in [-0.2, 0) is 14.8 Å². The first-order valence-corrected chi connectivity index (χ1v) is 14.4. The summed E-state index contributed by atoms with van der Waals surface area (Å²) in [5, 5.41) is 0. The van der Waals surface area contributed by atoms with Crippen molar-refractivity contribution in [1.29, 1.82) is 0 Å². The van der Waals surface area contributed by atoms with Gasteiger partial charge in [-0.3, -0.25) is 0 Å². The van der Waals surface area contributed by atoms with E-state index < -0.39 is 10.0 Å². The van der Waals surface area contributed by atoms with Gasteiger partial charge in [-0.1, -0.05) is 6.07 Å². The number of ether oxygens (including phenoxy) is 4. The molecular weight excluding hydrogens is 494 g/mol. The lowest BCUT2D eigenvalue weighted by atomic mass is 9.99. The maximum absolute atomic E-state index is 14.1. The molecule has 6 rings (SSSR count). The van der Waals surface area contributed by atoms with Crippen LogP contribution in [-0.4, -0.2) is 62.8 Å². The van der Waals surface area contributed by atoms with Crippen molar-refractivity contribution in [1.82, 2.24) is 14.3 Å². The predicted molar refractivity (Wildman–Crippen MR) is 138 cm³/mol. The largest absolute Gasteiger partial charge is 0.497 e. The molecule has 1 aliphatic carbocycles. The van der Waals surface area contributed by atoms with Crippen molar-refractivity contribution in [2.45, 2.75) is 49.1 Å². The van der Waals surface area contributed by atoms with Crippen LogP contribution in [0.25, 0.3) is 11.0 Å². The maximum atomic E-state index is 14.1. The van der Waals surface area contributed by atoms with Gasteiger partial charge in [0.25, 0.3) is 0 Å². The van der Waals surface area contributed by atoms with E-state index in [0.717, 1.165) is 62.1 Å². The van der Waals surface area contributed by atoms with E-state index in [2.05, 4.69) is 4.98 Å². The summed E-state index contributed by atoms with van der Waals surface area (Å²) in [5.41, 5.74) is 1.59. The molecule has 10 heteroatoms. The van der Waals surface area contributed by atoms with E-state index in [9.17, 15) is 8.42 Å². The highest BCUT2D eigenvalue weighted by Crippen LogP contribution is 2.53. The highest BCUT2D eigenvalue weighted by atomic mass is 32.2. The molecule has 0 unspecified atom stereocenters. The maximum Gasteiger partial charge on any atom is 0.247 e. The van der Waals surface area contributed by atoms with Gasteiger partial charge < -0.3 is 23.9 Å². The summed E-state index contributed by atoms with van der Waals surface area (Å²) in [6.45, 7) is 2.17. The average molecular weight is 528 g/mol. The van der Waals surface area contributed by atoms with E-state index in [-0.39, 0.29) is 28.6 Å². The van der Waals surface area contributed by atoms with E-state index in [1.807, 2.05) is 18.2 Å². The van der Waals surface area contributed by atoms with Gasteiger partial charge >= 0.3 is 0 Å². The first kappa shape index (κ1) is 24.5. The number of piperidine rings is 1. The monoisotopic (exact) mass is 527 g/mol. The van der Waals surface area contributed by atoms with Crippen LogP contribution < -0.4 is 14.2 Å². The standard InChI is InChI=1S/C27H33N3O6S/c1-33-20-8-9-24(23(15-20)34-2)37(31,32)30-19-7-6-18(14-19)26(30)27-28-21-4-3-5-22(25(21)29-27)36-16-17-10-12-35-13-11-17/h3-5,8-9,15,17-19,26H,6-7,10-14,16H2,1-2H3,(H,28,29)/t18-,19+,26-/m0/s1. The van der Waals surface area contributed by atoms with Gasteiger partial charge in [0.05, 0.1) is 32.4 Å². The van der Waals surface area contributed by atoms with Crippen LogP contribution in [0.1, 0.15) is 44.0 Å². The number of imidazole rings is 1. The minimum absolute atomic E-state index is 0.0655. The molecule has 3 aromatic rings. The summed E-state index contributed by atoms with van der Waals surface area (Å²) in [7, 11) is -0.839. The zero-order valence-corrected chi connectivity index (χ0v) is 22.0. The molecule has 2 saturated heterocycles. The number of sulfonamides is 1. The molecule has 0 spiro atoms. The SMILES string of the molecule is COc1ccc(S(=O)(=O)N2[C@@H]3CC[C@@H](C3)[C@H]2c2nc3c(OCC4CCOCC4)cccc3[nH]2)c(OC)c1. The lowest BCUT2D eigenvalue weighted by Gasteiger charge is -2.33. The van der Waals surface area contributed by atoms with Crippen molar-refractivity contribution in [3.63, 3.8) is 0 Å². The highest BCUT2D eigenvalue weighted by Gasteiger charge is 2.53. The summed E-state index contributed by atoms with van der Waals surface area (Å²) in [5.74, 6) is 2.88. The van der Waals surface area contributed by atoms with Crippen molar-refractivity contribution in [2.75, 3.05) is 34.0 Å². The Labute approximate surface area is 217 Å². The number of hydrogen-bond acceptors (Lipinski definition) is 7. The Kier molecular flexibility index (Phi) is 6.50. The van der Waals surface area contributed by atoms with Crippen LogP contribution in [0.4, 0.5) is 0 Å². The van der Waals surface area contributed by atoms with Gasteiger partial charge in [-0.15, -0.1) is 0 Å². The van der Waals surface area contributed by atoms with Gasteiger partial charge in [-0.05, 0) is 68.2 Å². The molecule has 1 N–H and O–H groups in total. The third kappa shape index (κ3) is 4.34. The van der Waals surface area contributed by atoms with Crippen LogP contribution in [0, 0.1) is 11.8 Å². The Balaban J connectivity index is 1.34. The quantitative estimate of drug-likeness (QED) is 0.466. The van der Waals surface area contributed by atoms with Crippen LogP contribution in [0.2, 0.25) is 0 Å². The van der Waals surface area contributed by atoms with Crippen LogP contribution >= 0.6 is 0 Å². The Bertz CT molecular complexity index is 1380. The topological polar surface area (TPSA) is 103 Å². The minimum Gasteiger partial charge on any atom is -0.497 e. The summed E-state index contributed by atoms with van der Waals surface area (Å²) >= 11 is 0. The van der Waals surface area contributed by atoms with E-state index in [4.69, 9.17) is 23.9 Å². The molecule has 3 aliphatic rings. The van der Waals surface area contributed by atoms with Gasteiger partial charge in [-0.2, -0.15) is 4.31 Å². The molecule has 1 aromatic heterocycles. The van der Waals surface area contributed by atoms with Crippen molar-refractivity contribution in [3.8, 4) is 17.2 Å². The van der Waals surface area contributed by atoms with E-state index in [1.165, 1.54) is 7.11 Å². The second kappa shape index (κ2) is 9.81. The fraction of sp³-hybridized carbons (Fsp3) is 0.519. The molecule has 198 valence electrons. The number of methoxy groups -OCH3 is 2. The Morgan fingerprint density at radius 1 is 1.05 bits per heavy atom. The third-order valence-electron chi connectivity index (χ3n) is 8.04. The van der Waals surface area contributed by atoms with Gasteiger partial charge in [-0.25, -0.2) is 13.4 Å². The molecule has 9 nitrogen and oxygen atoms in total. The summed E-state index contributed by atoms with van der Waals surface area (Å²) < 4.78 is 52.2. The van der Waals surface area contributed by atoms with Gasteiger partial charge in [0.2, 0.25) is 10.0 Å². The second-order valence-corrected chi connectivity index (χ2v) is 12.0. The number of para-hydroxylation sites is 1. The first-order valence-electron chi connectivity index (χ1n) is 12.9. The molecule has 37 heavy (non-hydrogen) atoms. The number of nitrogens with zero attached hydrogens (tertiary/aromatic N) is 2. The molecule has 2 bridgehead atoms. The number of nitrogens with one attached hydrogen (secondary N) is 1. The fourth-order valence-electron chi connectivity index (χ4n) is 6.14. The minimum atomic E-state index is -3.86. The number of aromatic nitrogens is 2. The Morgan fingerprint density at radius 3 is 2.68 bits per heavy atom. The average Bonchev–Trinajstić information content (AvgIpc) is 3.67. The van der Waals surface area contributed by atoms with Crippen molar-refractivity contribution in [3.05, 3.63) is 42.2 Å². The zero-order valence-electron chi connectivity index (χ0n) is 21.2. The van der Waals surface area contributed by atoms with Crippen molar-refractivity contribution >= 4 is 21.1 Å². The molecule has 3 atom stereocenters. The summed E-state index contributed by atoms with van der Waals surface area (Å²) in [6, 6.07) is 10.2. The normalized spacial score (nSPS) is 24.5. The fourth-order valence-corrected chi connectivity index (χ4v) is 8.16. The van der Waals surface area contributed by atoms with Gasteiger partial charge in [0, 0.05) is 25.3 Å². The molecule has 3 fully saturated rings. The number of rotatable bonds is 8. The molecule has 0 radical (unpaired) electrons. The van der Waals surface area contributed by atoms with E-state index >= 15 is 0 Å². The molecular formula is C27H33N3O6S. The molecule has 2 aliphatic heterocycles. The molecule has 1 saturated carbocycles. The smallest absolute Gasteiger partial charge is 0.247 e. The first-order chi connectivity index (χ1) is 18.0. The Hall–Kier alpha value is -2.82. The van der Waals surface area contributed by atoms with Crippen LogP contribution in [0.3, 0.4) is 0 Å². The molecule has 0 amide bonds. The number of benzene rings is 2. The molecule has 2 aromatic carbocycles. The van der Waals surface area contributed by atoms with E-state index in [1.54, 1.807) is 29.6 Å². The highest BCUT2D eigenvalue weighted by molar-refractivity contribution is 7.89. The lowest BCUT2D eigenvalue weighted by molar-refractivity contribution is 0.0499. The Morgan fingerprint density at radius 2 is 1.89 bits per heavy atom.